The van der Waals surface area contributed by atoms with Gasteiger partial charge in [-0.1, -0.05) is 13.8 Å². The van der Waals surface area contributed by atoms with Crippen molar-refractivity contribution in [1.82, 2.24) is 9.88 Å². The molecule has 2 N–H and O–H groups in total. The number of amides is 1. The van der Waals surface area contributed by atoms with E-state index in [4.69, 9.17) is 0 Å². The van der Waals surface area contributed by atoms with E-state index < -0.39 is 57.8 Å². The third-order valence-electron chi connectivity index (χ3n) is 6.56. The summed E-state index contributed by atoms with van der Waals surface area (Å²) in [5, 5.41) is 10.9. The van der Waals surface area contributed by atoms with Gasteiger partial charge in [0.05, 0.1) is 16.9 Å². The van der Waals surface area contributed by atoms with E-state index in [-0.39, 0.29) is 35.6 Å². The van der Waals surface area contributed by atoms with E-state index in [1.807, 2.05) is 5.32 Å². The van der Waals surface area contributed by atoms with Crippen LogP contribution >= 0.6 is 0 Å². The van der Waals surface area contributed by atoms with Crippen LogP contribution in [0, 0.1) is 24.0 Å². The predicted octanol–water partition coefficient (Wildman–Crippen LogP) is 3.51. The number of fused-ring (bicyclic) bond motifs is 1. The molecule has 1 aromatic heterocycles. The first-order valence-corrected chi connectivity index (χ1v) is 10.6. The number of hydrogen-bond acceptors (Lipinski definition) is 4. The second-order valence-corrected chi connectivity index (χ2v) is 9.53. The lowest BCUT2D eigenvalue weighted by atomic mass is 9.88. The number of aromatic carboxylic acids is 1. The summed E-state index contributed by atoms with van der Waals surface area (Å²) in [6.07, 6.45) is -2.83. The van der Waals surface area contributed by atoms with Crippen LogP contribution in [-0.4, -0.2) is 46.9 Å². The minimum atomic E-state index is -5.11. The van der Waals surface area contributed by atoms with Crippen molar-refractivity contribution in [3.8, 4) is 0 Å². The lowest BCUT2D eigenvalue weighted by Crippen LogP contribution is -2.49. The average molecular weight is 487 g/mol. The Bertz CT molecular complexity index is 1280. The van der Waals surface area contributed by atoms with Crippen molar-refractivity contribution >= 4 is 28.5 Å². The van der Waals surface area contributed by atoms with E-state index in [2.05, 4.69) is 0 Å². The normalized spacial score (nSPS) is 20.1. The van der Waals surface area contributed by atoms with Crippen LogP contribution in [0.1, 0.15) is 48.7 Å². The Hall–Kier alpha value is -3.18. The number of carboxylic acid groups (broad SMARTS) is 1. The zero-order valence-electron chi connectivity index (χ0n) is 18.5. The van der Waals surface area contributed by atoms with Crippen molar-refractivity contribution in [3.63, 3.8) is 0 Å². The zero-order chi connectivity index (χ0) is 25.3. The lowest BCUT2D eigenvalue weighted by Gasteiger charge is -2.26. The van der Waals surface area contributed by atoms with Gasteiger partial charge in [-0.15, -0.1) is 0 Å². The number of halogens is 5. The fourth-order valence-electron chi connectivity index (χ4n) is 4.56. The van der Waals surface area contributed by atoms with Crippen LogP contribution in [-0.2, 0) is 4.79 Å². The van der Waals surface area contributed by atoms with Crippen LogP contribution in [0.25, 0.3) is 10.9 Å². The summed E-state index contributed by atoms with van der Waals surface area (Å²) in [4.78, 5) is 37.0. The van der Waals surface area contributed by atoms with Crippen molar-refractivity contribution in [3.05, 3.63) is 39.2 Å². The van der Waals surface area contributed by atoms with Crippen LogP contribution < -0.4 is 15.6 Å². The Balaban J connectivity index is 1.87. The molecule has 1 atom stereocenters. The highest BCUT2D eigenvalue weighted by molar-refractivity contribution is 5.95. The molecule has 2 aliphatic rings. The van der Waals surface area contributed by atoms with Gasteiger partial charge in [-0.05, 0) is 19.8 Å². The number of carbonyl (C=O) groups is 2. The van der Waals surface area contributed by atoms with Crippen LogP contribution in [0.2, 0.25) is 0 Å². The molecule has 1 aliphatic carbocycles. The minimum absolute atomic E-state index is 0.0739. The molecule has 0 spiro atoms. The molecule has 0 bridgehead atoms. The molecule has 0 radical (unpaired) electrons. The van der Waals surface area contributed by atoms with Gasteiger partial charge < -0.3 is 19.9 Å². The van der Waals surface area contributed by atoms with Crippen LogP contribution in [0.4, 0.5) is 27.6 Å². The standard InChI is InChI=1S/C22H22F5N3O4/c1-9-13-16(30(10-4-5-10)6-11(18(13)31)19(32)33)15(24)17(14(9)23)29-7-12(21(2,3)8-29)28-20(34)22(25,26)27/h6,10,12H,4-5,7-8H2,1-3H3,(H,28,34)(H,32,33)/t12-/m1/s1. The highest BCUT2D eigenvalue weighted by Crippen LogP contribution is 2.43. The molecule has 4 rings (SSSR count). The maximum absolute atomic E-state index is 15.9. The molecule has 1 amide bonds. The second kappa shape index (κ2) is 7.67. The zero-order valence-corrected chi connectivity index (χ0v) is 18.5. The van der Waals surface area contributed by atoms with Crippen molar-refractivity contribution in [1.29, 1.82) is 0 Å². The molecule has 7 nitrogen and oxygen atoms in total. The summed E-state index contributed by atoms with van der Waals surface area (Å²) in [5.74, 6) is -5.87. The van der Waals surface area contributed by atoms with Crippen molar-refractivity contribution in [2.45, 2.75) is 51.9 Å². The Labute approximate surface area is 190 Å². The van der Waals surface area contributed by atoms with Gasteiger partial charge in [0.15, 0.2) is 11.6 Å². The SMILES string of the molecule is Cc1c(F)c(N2C[C@@H](NC(=O)C(F)(F)F)C(C)(C)C2)c(F)c2c1c(=O)c(C(=O)O)cn2C1CC1. The highest BCUT2D eigenvalue weighted by Gasteiger charge is 2.47. The first-order chi connectivity index (χ1) is 15.6. The van der Waals surface area contributed by atoms with E-state index in [0.717, 1.165) is 6.20 Å². The number of anilines is 1. The smallest absolute Gasteiger partial charge is 0.471 e. The number of hydrogen-bond donors (Lipinski definition) is 2. The van der Waals surface area contributed by atoms with Gasteiger partial charge in [-0.3, -0.25) is 9.59 Å². The van der Waals surface area contributed by atoms with Crippen LogP contribution in [0.3, 0.4) is 0 Å². The number of nitrogens with zero attached hydrogens (tertiary/aromatic N) is 2. The number of benzene rings is 1. The number of pyridine rings is 1. The Kier molecular flexibility index (Phi) is 5.41. The maximum Gasteiger partial charge on any atom is 0.471 e. The van der Waals surface area contributed by atoms with Gasteiger partial charge >= 0.3 is 18.1 Å². The largest absolute Gasteiger partial charge is 0.477 e. The van der Waals surface area contributed by atoms with Gasteiger partial charge in [0.25, 0.3) is 0 Å². The van der Waals surface area contributed by atoms with E-state index in [1.54, 1.807) is 13.8 Å². The molecule has 12 heteroatoms. The number of carboxylic acids is 1. The number of nitrogens with one attached hydrogen (secondary N) is 1. The van der Waals surface area contributed by atoms with Gasteiger partial charge in [0, 0.05) is 36.3 Å². The van der Waals surface area contributed by atoms with Crippen molar-refractivity contribution in [2.24, 2.45) is 5.41 Å². The van der Waals surface area contributed by atoms with Crippen molar-refractivity contribution in [2.75, 3.05) is 18.0 Å². The molecule has 184 valence electrons. The summed E-state index contributed by atoms with van der Waals surface area (Å²) in [6.45, 7) is 3.99. The number of aromatic nitrogens is 1. The first kappa shape index (κ1) is 24.0. The quantitative estimate of drug-likeness (QED) is 0.645. The number of carbonyl (C=O) groups excluding carboxylic acids is 1. The molecule has 2 fully saturated rings. The topological polar surface area (TPSA) is 91.6 Å². The molecule has 0 unspecified atom stereocenters. The Morgan fingerprint density at radius 3 is 2.32 bits per heavy atom. The molecular weight excluding hydrogens is 465 g/mol. The molecule has 2 aromatic rings. The van der Waals surface area contributed by atoms with E-state index in [0.29, 0.717) is 12.8 Å². The Morgan fingerprint density at radius 1 is 1.18 bits per heavy atom. The van der Waals surface area contributed by atoms with Crippen molar-refractivity contribution < 1.29 is 36.6 Å². The van der Waals surface area contributed by atoms with E-state index in [9.17, 15) is 32.7 Å². The molecular formula is C22H22F5N3O4. The summed E-state index contributed by atoms with van der Waals surface area (Å²) in [6, 6.07) is -1.32. The van der Waals surface area contributed by atoms with Crippen LogP contribution in [0.15, 0.2) is 11.0 Å². The third-order valence-corrected chi connectivity index (χ3v) is 6.56. The van der Waals surface area contributed by atoms with Gasteiger partial charge in [0.1, 0.15) is 11.3 Å². The van der Waals surface area contributed by atoms with Gasteiger partial charge in [-0.2, -0.15) is 13.2 Å². The lowest BCUT2D eigenvalue weighted by molar-refractivity contribution is -0.174. The number of aryl methyl sites for hydroxylation is 1. The van der Waals surface area contributed by atoms with E-state index >= 15 is 8.78 Å². The highest BCUT2D eigenvalue weighted by atomic mass is 19.4. The van der Waals surface area contributed by atoms with Gasteiger partial charge in [0.2, 0.25) is 5.43 Å². The molecule has 1 aliphatic heterocycles. The summed E-state index contributed by atoms with van der Waals surface area (Å²) < 4.78 is 71.0. The monoisotopic (exact) mass is 487 g/mol. The summed E-state index contributed by atoms with van der Waals surface area (Å²) >= 11 is 0. The number of alkyl halides is 3. The fraction of sp³-hybridized carbons (Fsp3) is 0.500. The molecule has 1 saturated carbocycles. The Morgan fingerprint density at radius 2 is 1.79 bits per heavy atom. The summed E-state index contributed by atoms with van der Waals surface area (Å²) in [5.41, 5.74) is -3.61. The van der Waals surface area contributed by atoms with Crippen LogP contribution in [0.5, 0.6) is 0 Å². The first-order valence-electron chi connectivity index (χ1n) is 10.6. The second-order valence-electron chi connectivity index (χ2n) is 9.53. The minimum Gasteiger partial charge on any atom is -0.477 e. The number of rotatable bonds is 4. The fourth-order valence-corrected chi connectivity index (χ4v) is 4.56. The maximum atomic E-state index is 15.9. The van der Waals surface area contributed by atoms with Gasteiger partial charge in [-0.25, -0.2) is 13.6 Å². The molecule has 34 heavy (non-hydrogen) atoms. The van der Waals surface area contributed by atoms with E-state index in [1.165, 1.54) is 16.4 Å². The molecule has 2 heterocycles. The average Bonchev–Trinajstić information content (AvgIpc) is 3.50. The molecule has 1 saturated heterocycles. The summed E-state index contributed by atoms with van der Waals surface area (Å²) in [7, 11) is 0. The third kappa shape index (κ3) is 3.78. The molecule has 1 aromatic carbocycles. The predicted molar refractivity (Wildman–Crippen MR) is 112 cm³/mol.